The Balaban J connectivity index is 1.46. The number of ether oxygens (including phenoxy) is 3. The monoisotopic (exact) mass is 480 g/mol. The second-order valence-electron chi connectivity index (χ2n) is 9.76. The molecule has 0 radical (unpaired) electrons. The van der Waals surface area contributed by atoms with E-state index >= 15 is 0 Å². The molecule has 2 aromatic rings. The highest BCUT2D eigenvalue weighted by atomic mass is 16.5. The molecule has 9 nitrogen and oxygen atoms in total. The summed E-state index contributed by atoms with van der Waals surface area (Å²) in [6.07, 6.45) is -0.942. The molecule has 1 saturated heterocycles. The van der Waals surface area contributed by atoms with Crippen molar-refractivity contribution in [3.8, 4) is 28.7 Å². The van der Waals surface area contributed by atoms with Crippen LogP contribution < -0.4 is 9.47 Å². The number of rotatable bonds is 3. The van der Waals surface area contributed by atoms with Gasteiger partial charge in [-0.25, -0.2) is 0 Å². The van der Waals surface area contributed by atoms with Gasteiger partial charge in [-0.15, -0.1) is 0 Å². The first-order valence-corrected chi connectivity index (χ1v) is 11.4. The van der Waals surface area contributed by atoms with Gasteiger partial charge in [0.2, 0.25) is 5.78 Å². The Kier molecular flexibility index (Phi) is 4.53. The summed E-state index contributed by atoms with van der Waals surface area (Å²) in [6, 6.07) is 7.24. The summed E-state index contributed by atoms with van der Waals surface area (Å²) >= 11 is 0. The number of fused-ring (bicyclic) bond motifs is 1. The van der Waals surface area contributed by atoms with E-state index in [-0.39, 0.29) is 40.4 Å². The van der Waals surface area contributed by atoms with E-state index in [0.717, 1.165) is 11.6 Å². The molecule has 5 aliphatic rings. The Morgan fingerprint density at radius 3 is 2.60 bits per heavy atom. The molecule has 0 aromatic heterocycles. The molecule has 2 aliphatic heterocycles. The van der Waals surface area contributed by atoms with Gasteiger partial charge in [0.15, 0.2) is 29.5 Å². The van der Waals surface area contributed by atoms with Crippen LogP contribution in [0.4, 0.5) is 0 Å². The number of phenols is 3. The predicted molar refractivity (Wildman–Crippen MR) is 120 cm³/mol. The molecule has 7 rings (SSSR count). The van der Waals surface area contributed by atoms with Gasteiger partial charge in [-0.1, -0.05) is 12.1 Å². The maximum atomic E-state index is 13.5. The SMILES string of the molecule is COc1cc([C@@H]2[C@H]3CO[C@@]4(C)C(=O)[C@@H]2C=C([C@H]2Oc5cc(O)cc(O)c5C(=O)[C@@H]2O)[C@@H]34)ccc1O. The average Bonchev–Trinajstić information content (AvgIpc) is 3.14. The Labute approximate surface area is 200 Å². The largest absolute Gasteiger partial charge is 0.508 e. The molecule has 0 spiro atoms. The zero-order chi connectivity index (χ0) is 24.8. The fraction of sp³-hybridized carbons (Fsp3) is 0.385. The molecule has 9 heteroatoms. The van der Waals surface area contributed by atoms with Crippen molar-refractivity contribution in [2.45, 2.75) is 30.7 Å². The Hall–Kier alpha value is -3.56. The van der Waals surface area contributed by atoms with Crippen LogP contribution >= 0.6 is 0 Å². The topological polar surface area (TPSA) is 143 Å². The Morgan fingerprint density at radius 2 is 1.86 bits per heavy atom. The van der Waals surface area contributed by atoms with E-state index in [2.05, 4.69) is 0 Å². The number of methoxy groups -OCH3 is 1. The molecule has 35 heavy (non-hydrogen) atoms. The lowest BCUT2D eigenvalue weighted by Gasteiger charge is -2.51. The van der Waals surface area contributed by atoms with Gasteiger partial charge in [-0.2, -0.15) is 0 Å². The number of aliphatic hydroxyl groups is 1. The molecule has 0 amide bonds. The fourth-order valence-electron chi connectivity index (χ4n) is 6.51. The molecule has 1 saturated carbocycles. The lowest BCUT2D eigenvalue weighted by atomic mass is 9.52. The number of benzene rings is 2. The van der Waals surface area contributed by atoms with Gasteiger partial charge in [-0.3, -0.25) is 9.59 Å². The highest BCUT2D eigenvalue weighted by Crippen LogP contribution is 2.61. The zero-order valence-electron chi connectivity index (χ0n) is 19.0. The van der Waals surface area contributed by atoms with Crippen LogP contribution in [0, 0.1) is 17.8 Å². The molecular formula is C26H24O9. The van der Waals surface area contributed by atoms with E-state index < -0.39 is 41.2 Å². The van der Waals surface area contributed by atoms with E-state index in [9.17, 15) is 30.0 Å². The predicted octanol–water partition coefficient (Wildman–Crippen LogP) is 2.06. The number of hydrogen-bond acceptors (Lipinski definition) is 9. The number of aromatic hydroxyl groups is 3. The van der Waals surface area contributed by atoms with E-state index in [4.69, 9.17) is 14.2 Å². The van der Waals surface area contributed by atoms with Crippen LogP contribution in [-0.4, -0.2) is 63.5 Å². The first kappa shape index (κ1) is 21.9. The lowest BCUT2D eigenvalue weighted by Crippen LogP contribution is -2.59. The van der Waals surface area contributed by atoms with E-state index in [1.807, 2.05) is 0 Å². The first-order chi connectivity index (χ1) is 16.7. The molecule has 4 bridgehead atoms. The minimum Gasteiger partial charge on any atom is -0.508 e. The molecule has 3 aliphatic carbocycles. The van der Waals surface area contributed by atoms with Crippen molar-refractivity contribution in [2.75, 3.05) is 13.7 Å². The van der Waals surface area contributed by atoms with Gasteiger partial charge in [0.1, 0.15) is 28.4 Å². The van der Waals surface area contributed by atoms with Crippen molar-refractivity contribution in [1.29, 1.82) is 0 Å². The summed E-state index contributed by atoms with van der Waals surface area (Å²) in [7, 11) is 1.46. The number of carbonyl (C=O) groups excluding carboxylic acids is 2. The van der Waals surface area contributed by atoms with Crippen LogP contribution in [0.15, 0.2) is 42.0 Å². The first-order valence-electron chi connectivity index (χ1n) is 11.4. The minimum atomic E-state index is -1.60. The highest BCUT2D eigenvalue weighted by Gasteiger charge is 2.67. The van der Waals surface area contributed by atoms with Gasteiger partial charge in [0.05, 0.1) is 13.7 Å². The normalized spacial score (nSPS) is 34.9. The van der Waals surface area contributed by atoms with Gasteiger partial charge in [0.25, 0.3) is 0 Å². The number of hydrogen-bond donors (Lipinski definition) is 4. The molecule has 2 fully saturated rings. The molecule has 0 unspecified atom stereocenters. The molecule has 2 aromatic carbocycles. The van der Waals surface area contributed by atoms with E-state index in [0.29, 0.717) is 17.9 Å². The van der Waals surface area contributed by atoms with Crippen molar-refractivity contribution in [3.05, 3.63) is 53.1 Å². The second kappa shape index (κ2) is 7.22. The molecule has 4 N–H and O–H groups in total. The fourth-order valence-corrected chi connectivity index (χ4v) is 6.51. The Bertz CT molecular complexity index is 1310. The summed E-state index contributed by atoms with van der Waals surface area (Å²) in [5.74, 6) is -2.79. The van der Waals surface area contributed by atoms with Crippen LogP contribution in [0.2, 0.25) is 0 Å². The van der Waals surface area contributed by atoms with Crippen LogP contribution in [0.3, 0.4) is 0 Å². The molecule has 7 atom stereocenters. The third-order valence-electron chi connectivity index (χ3n) is 8.01. The van der Waals surface area contributed by atoms with Gasteiger partial charge in [0, 0.05) is 35.8 Å². The van der Waals surface area contributed by atoms with Gasteiger partial charge < -0.3 is 34.6 Å². The maximum Gasteiger partial charge on any atom is 0.202 e. The summed E-state index contributed by atoms with van der Waals surface area (Å²) in [5.41, 5.74) is 0.0847. The van der Waals surface area contributed by atoms with Crippen molar-refractivity contribution in [2.24, 2.45) is 17.8 Å². The number of ketones is 2. The summed E-state index contributed by atoms with van der Waals surface area (Å²) in [5, 5.41) is 41.0. The third-order valence-corrected chi connectivity index (χ3v) is 8.01. The summed E-state index contributed by atoms with van der Waals surface area (Å²) < 4.78 is 17.3. The molecule has 2 heterocycles. The standard InChI is InChI=1S/C26H24O9/c1-26-21-13(24-23(31)22(30)20-16(29)6-11(27)7-18(20)35-24)8-12(25(26)32)19(14(21)9-34-26)10-3-4-15(28)17(5-10)33-2/h3-8,12,14,19,21,23-24,27-29,31H,9H2,1-2H3/t12-,14-,19+,21+,23+,24-,26-/m1/s1. The minimum absolute atomic E-state index is 0.00491. The highest BCUT2D eigenvalue weighted by molar-refractivity contribution is 6.06. The van der Waals surface area contributed by atoms with E-state index in [1.54, 1.807) is 25.1 Å². The molecule has 182 valence electrons. The number of allylic oxidation sites excluding steroid dienone is 1. The van der Waals surface area contributed by atoms with Crippen molar-refractivity contribution in [3.63, 3.8) is 0 Å². The van der Waals surface area contributed by atoms with Crippen LogP contribution in [0.25, 0.3) is 0 Å². The summed E-state index contributed by atoms with van der Waals surface area (Å²) in [6.45, 7) is 2.03. The lowest BCUT2D eigenvalue weighted by molar-refractivity contribution is -0.146. The third kappa shape index (κ3) is 2.82. The molecular weight excluding hydrogens is 456 g/mol. The second-order valence-corrected chi connectivity index (χ2v) is 9.76. The average molecular weight is 480 g/mol. The van der Waals surface area contributed by atoms with Crippen molar-refractivity contribution >= 4 is 11.6 Å². The van der Waals surface area contributed by atoms with Gasteiger partial charge in [-0.05, 0) is 30.2 Å². The number of carbonyl (C=O) groups is 2. The smallest absolute Gasteiger partial charge is 0.202 e. The zero-order valence-corrected chi connectivity index (χ0v) is 19.0. The maximum absolute atomic E-state index is 13.5. The van der Waals surface area contributed by atoms with Crippen molar-refractivity contribution < 1.29 is 44.2 Å². The van der Waals surface area contributed by atoms with Crippen LogP contribution in [0.1, 0.15) is 28.8 Å². The Morgan fingerprint density at radius 1 is 1.09 bits per heavy atom. The van der Waals surface area contributed by atoms with Crippen molar-refractivity contribution in [1.82, 2.24) is 0 Å². The number of Topliss-reactive ketones (excluding diaryl/α,β-unsaturated/α-hetero) is 2. The number of phenolic OH excluding ortho intramolecular Hbond substituents is 3. The van der Waals surface area contributed by atoms with Gasteiger partial charge >= 0.3 is 0 Å². The number of aliphatic hydroxyl groups excluding tert-OH is 1. The van der Waals surface area contributed by atoms with E-state index in [1.165, 1.54) is 19.2 Å². The van der Waals surface area contributed by atoms with Crippen LogP contribution in [-0.2, 0) is 9.53 Å². The quantitative estimate of drug-likeness (QED) is 0.486. The summed E-state index contributed by atoms with van der Waals surface area (Å²) in [4.78, 5) is 26.5. The van der Waals surface area contributed by atoms with Crippen LogP contribution in [0.5, 0.6) is 28.7 Å².